The third kappa shape index (κ3) is 29.5. The monoisotopic (exact) mass is 261 g/mol. The molecular weight excluding hydrogens is 230 g/mol. The Labute approximate surface area is 112 Å². The molecule has 0 heterocycles. The van der Waals surface area contributed by atoms with Crippen LogP contribution in [0.1, 0.15) is 78.1 Å². The molecule has 0 aromatic heterocycles. The average molecular weight is 261 g/mol. The molecule has 0 spiro atoms. The Morgan fingerprint density at radius 2 is 1.33 bits per heavy atom. The van der Waals surface area contributed by atoms with Gasteiger partial charge >= 0.3 is 5.97 Å². The molecule has 0 fully saturated rings. The Kier molecular flexibility index (Phi) is 18.0. The van der Waals surface area contributed by atoms with Gasteiger partial charge in [0.25, 0.3) is 0 Å². The highest BCUT2D eigenvalue weighted by Gasteiger charge is 1.96. The van der Waals surface area contributed by atoms with Crippen LogP contribution < -0.4 is 5.73 Å². The number of carbonyl (C=O) groups is 1. The van der Waals surface area contributed by atoms with E-state index in [0.29, 0.717) is 6.42 Å². The standard InChI is InChI=1S/C12H24O2.C2H7NO/c1-2-3-4-5-6-7-8-9-10-11-12(13)14;1-2(3)4/h2-11H2,1H3,(H,13,14);2,4H,3H2,1H3. The van der Waals surface area contributed by atoms with Gasteiger partial charge in [-0.2, -0.15) is 0 Å². The van der Waals surface area contributed by atoms with Crippen molar-refractivity contribution in [2.24, 2.45) is 5.73 Å². The minimum Gasteiger partial charge on any atom is -0.481 e. The van der Waals surface area contributed by atoms with Crippen molar-refractivity contribution >= 4 is 5.97 Å². The van der Waals surface area contributed by atoms with Gasteiger partial charge in [-0.15, -0.1) is 0 Å². The number of aliphatic carboxylic acids is 1. The molecule has 110 valence electrons. The molecule has 0 radical (unpaired) electrons. The molecule has 0 saturated heterocycles. The molecule has 0 aromatic carbocycles. The highest BCUT2D eigenvalue weighted by Crippen LogP contribution is 2.10. The Hall–Kier alpha value is -0.610. The number of nitrogens with two attached hydrogens (primary N) is 1. The topological polar surface area (TPSA) is 83.5 Å². The zero-order chi connectivity index (χ0) is 14.2. The van der Waals surface area contributed by atoms with Crippen molar-refractivity contribution in [2.75, 3.05) is 0 Å². The summed E-state index contributed by atoms with van der Waals surface area (Å²) < 4.78 is 0. The lowest BCUT2D eigenvalue weighted by Gasteiger charge is -2.00. The zero-order valence-electron chi connectivity index (χ0n) is 12.0. The lowest BCUT2D eigenvalue weighted by molar-refractivity contribution is -0.137. The first-order chi connectivity index (χ1) is 8.50. The zero-order valence-corrected chi connectivity index (χ0v) is 12.0. The highest BCUT2D eigenvalue weighted by atomic mass is 16.4. The summed E-state index contributed by atoms with van der Waals surface area (Å²) in [5, 5.41) is 16.2. The first-order valence-electron chi connectivity index (χ1n) is 7.16. The largest absolute Gasteiger partial charge is 0.481 e. The van der Waals surface area contributed by atoms with Crippen LogP contribution in [-0.2, 0) is 4.79 Å². The Morgan fingerprint density at radius 3 is 1.67 bits per heavy atom. The summed E-state index contributed by atoms with van der Waals surface area (Å²) >= 11 is 0. The van der Waals surface area contributed by atoms with Crippen LogP contribution in [0.3, 0.4) is 0 Å². The van der Waals surface area contributed by atoms with E-state index in [-0.39, 0.29) is 0 Å². The molecule has 0 saturated carbocycles. The third-order valence-electron chi connectivity index (χ3n) is 2.49. The molecule has 1 unspecified atom stereocenters. The fourth-order valence-electron chi connectivity index (χ4n) is 1.59. The van der Waals surface area contributed by atoms with Gasteiger partial charge in [0.1, 0.15) is 0 Å². The van der Waals surface area contributed by atoms with E-state index in [0.717, 1.165) is 12.8 Å². The van der Waals surface area contributed by atoms with E-state index in [1.54, 1.807) is 0 Å². The minimum absolute atomic E-state index is 0.343. The Morgan fingerprint density at radius 1 is 1.00 bits per heavy atom. The second-order valence-electron chi connectivity index (χ2n) is 4.71. The van der Waals surface area contributed by atoms with Gasteiger partial charge in [0.05, 0.1) is 6.23 Å². The van der Waals surface area contributed by atoms with Crippen LogP contribution >= 0.6 is 0 Å². The van der Waals surface area contributed by atoms with E-state index < -0.39 is 12.2 Å². The van der Waals surface area contributed by atoms with Crippen molar-refractivity contribution in [2.45, 2.75) is 84.3 Å². The molecule has 0 aliphatic heterocycles. The summed E-state index contributed by atoms with van der Waals surface area (Å²) in [5.41, 5.74) is 4.67. The number of unbranched alkanes of at least 4 members (excludes halogenated alkanes) is 8. The maximum atomic E-state index is 10.2. The number of carboxylic acid groups (broad SMARTS) is 1. The van der Waals surface area contributed by atoms with Gasteiger partial charge in [0, 0.05) is 6.42 Å². The fourth-order valence-corrected chi connectivity index (χ4v) is 1.59. The molecular formula is C14H31NO3. The molecule has 0 aromatic rings. The maximum Gasteiger partial charge on any atom is 0.303 e. The summed E-state index contributed by atoms with van der Waals surface area (Å²) in [5.74, 6) is -0.659. The van der Waals surface area contributed by atoms with Gasteiger partial charge in [-0.05, 0) is 13.3 Å². The molecule has 18 heavy (non-hydrogen) atoms. The molecule has 0 rings (SSSR count). The van der Waals surface area contributed by atoms with Crippen molar-refractivity contribution < 1.29 is 15.0 Å². The van der Waals surface area contributed by atoms with Crippen LogP contribution in [-0.4, -0.2) is 22.4 Å². The molecule has 4 nitrogen and oxygen atoms in total. The van der Waals surface area contributed by atoms with Crippen LogP contribution in [0.5, 0.6) is 0 Å². The first kappa shape index (κ1) is 19.7. The molecule has 1 atom stereocenters. The molecule has 0 bridgehead atoms. The Balaban J connectivity index is 0. The van der Waals surface area contributed by atoms with E-state index in [1.165, 1.54) is 51.9 Å². The van der Waals surface area contributed by atoms with E-state index in [1.807, 2.05) is 0 Å². The fraction of sp³-hybridized carbons (Fsp3) is 0.929. The second-order valence-corrected chi connectivity index (χ2v) is 4.71. The summed E-state index contributed by atoms with van der Waals surface area (Å²) in [6, 6.07) is 0. The number of hydrogen-bond acceptors (Lipinski definition) is 3. The SMILES string of the molecule is CC(N)O.CCCCCCCCCCCC(=O)O. The summed E-state index contributed by atoms with van der Waals surface area (Å²) in [6.07, 6.45) is 10.8. The normalized spacial score (nSPS) is 11.6. The van der Waals surface area contributed by atoms with Crippen molar-refractivity contribution in [3.63, 3.8) is 0 Å². The number of aliphatic hydroxyl groups excluding tert-OH is 1. The van der Waals surface area contributed by atoms with Crippen molar-refractivity contribution in [3.05, 3.63) is 0 Å². The van der Waals surface area contributed by atoms with Crippen molar-refractivity contribution in [3.8, 4) is 0 Å². The Bertz CT molecular complexity index is 170. The van der Waals surface area contributed by atoms with Crippen LogP contribution in [0.2, 0.25) is 0 Å². The van der Waals surface area contributed by atoms with Crippen molar-refractivity contribution in [1.82, 2.24) is 0 Å². The highest BCUT2D eigenvalue weighted by molar-refractivity contribution is 5.66. The number of hydrogen-bond donors (Lipinski definition) is 3. The van der Waals surface area contributed by atoms with Gasteiger partial charge in [-0.1, -0.05) is 58.3 Å². The van der Waals surface area contributed by atoms with E-state index in [2.05, 4.69) is 12.7 Å². The summed E-state index contributed by atoms with van der Waals surface area (Å²) in [4.78, 5) is 10.2. The quantitative estimate of drug-likeness (QED) is 0.416. The van der Waals surface area contributed by atoms with Gasteiger partial charge in [0.15, 0.2) is 0 Å². The maximum absolute atomic E-state index is 10.2. The number of aliphatic hydroxyl groups is 1. The van der Waals surface area contributed by atoms with Gasteiger partial charge in [-0.3, -0.25) is 4.79 Å². The lowest BCUT2D eigenvalue weighted by Crippen LogP contribution is -2.11. The number of rotatable bonds is 10. The first-order valence-corrected chi connectivity index (χ1v) is 7.16. The van der Waals surface area contributed by atoms with E-state index in [4.69, 9.17) is 10.2 Å². The van der Waals surface area contributed by atoms with Crippen LogP contribution in [0.4, 0.5) is 0 Å². The van der Waals surface area contributed by atoms with Gasteiger partial charge in [0.2, 0.25) is 0 Å². The third-order valence-corrected chi connectivity index (χ3v) is 2.49. The summed E-state index contributed by atoms with van der Waals surface area (Å²) in [7, 11) is 0. The van der Waals surface area contributed by atoms with E-state index >= 15 is 0 Å². The number of carboxylic acids is 1. The molecule has 0 amide bonds. The molecule has 0 aliphatic carbocycles. The summed E-state index contributed by atoms with van der Waals surface area (Å²) in [6.45, 7) is 3.73. The predicted molar refractivity (Wildman–Crippen MR) is 75.3 cm³/mol. The molecule has 4 N–H and O–H groups in total. The van der Waals surface area contributed by atoms with Gasteiger partial charge < -0.3 is 15.9 Å². The molecule has 0 aliphatic rings. The van der Waals surface area contributed by atoms with Gasteiger partial charge in [-0.25, -0.2) is 0 Å². The van der Waals surface area contributed by atoms with Crippen molar-refractivity contribution in [1.29, 1.82) is 0 Å². The van der Waals surface area contributed by atoms with Crippen LogP contribution in [0, 0.1) is 0 Å². The minimum atomic E-state index is -0.667. The second kappa shape index (κ2) is 16.4. The molecule has 4 heteroatoms. The smallest absolute Gasteiger partial charge is 0.303 e. The average Bonchev–Trinajstić information content (AvgIpc) is 2.26. The predicted octanol–water partition coefficient (Wildman–Crippen LogP) is 3.28. The van der Waals surface area contributed by atoms with Crippen LogP contribution in [0.25, 0.3) is 0 Å². The lowest BCUT2D eigenvalue weighted by atomic mass is 10.1. The van der Waals surface area contributed by atoms with E-state index in [9.17, 15) is 4.79 Å². The van der Waals surface area contributed by atoms with Crippen LogP contribution in [0.15, 0.2) is 0 Å².